The van der Waals surface area contributed by atoms with Gasteiger partial charge in [-0.3, -0.25) is 0 Å². The molecule has 0 nitrogen and oxygen atoms in total. The topological polar surface area (TPSA) is 0 Å². The zero-order chi connectivity index (χ0) is 14.7. The summed E-state index contributed by atoms with van der Waals surface area (Å²) in [5, 5.41) is 0. The average Bonchev–Trinajstić information content (AvgIpc) is 3.12. The number of hydrogen-bond acceptors (Lipinski definition) is 2. The molecule has 0 radical (unpaired) electrons. The summed E-state index contributed by atoms with van der Waals surface area (Å²) in [6.07, 6.45) is 9.87. The number of fused-ring (bicyclic) bond motifs is 2. The predicted octanol–water partition coefficient (Wildman–Crippen LogP) is -0.457. The minimum Gasteiger partial charge on any atom is -1.00 e. The van der Waals surface area contributed by atoms with Gasteiger partial charge >= 0.3 is 148 Å². The Morgan fingerprint density at radius 1 is 0.739 bits per heavy atom. The van der Waals surface area contributed by atoms with Gasteiger partial charge in [0.15, 0.2) is 0 Å². The van der Waals surface area contributed by atoms with Crippen molar-refractivity contribution in [1.82, 2.24) is 0 Å². The summed E-state index contributed by atoms with van der Waals surface area (Å²) in [6.45, 7) is 9.03. The average molecular weight is 461 g/mol. The summed E-state index contributed by atoms with van der Waals surface area (Å²) in [7, 11) is 0. The van der Waals surface area contributed by atoms with Crippen molar-refractivity contribution in [2.75, 3.05) is 0 Å². The molecular weight excluding hydrogens is 442 g/mol. The first kappa shape index (κ1) is 19.9. The molecule has 0 aromatic rings. The van der Waals surface area contributed by atoms with Crippen molar-refractivity contribution in [2.45, 2.75) is 33.6 Å². The van der Waals surface area contributed by atoms with E-state index >= 15 is 0 Å². The fourth-order valence-electron chi connectivity index (χ4n) is 3.14. The van der Waals surface area contributed by atoms with E-state index < -0.39 is 23.2 Å². The van der Waals surface area contributed by atoms with E-state index in [-0.39, 0.29) is 24.8 Å². The van der Waals surface area contributed by atoms with E-state index in [4.69, 9.17) is 0 Å². The first-order chi connectivity index (χ1) is 10.0. The van der Waals surface area contributed by atoms with Crippen molar-refractivity contribution < 1.29 is 48.0 Å². The Bertz CT molecular complexity index is 676. The van der Waals surface area contributed by atoms with E-state index in [1.807, 2.05) is 0 Å². The molecule has 2 atom stereocenters. The van der Waals surface area contributed by atoms with Crippen LogP contribution in [0.15, 0.2) is 67.6 Å². The van der Waals surface area contributed by atoms with E-state index in [1.165, 1.54) is 33.4 Å². The number of rotatable bonds is 2. The van der Waals surface area contributed by atoms with Crippen molar-refractivity contribution in [2.24, 2.45) is 0 Å². The second-order valence-electron chi connectivity index (χ2n) is 6.05. The van der Waals surface area contributed by atoms with Gasteiger partial charge in [0, 0.05) is 0 Å². The van der Waals surface area contributed by atoms with Gasteiger partial charge in [0.1, 0.15) is 0 Å². The van der Waals surface area contributed by atoms with Crippen LogP contribution in [0.4, 0.5) is 0 Å². The third-order valence-electron chi connectivity index (χ3n) is 4.61. The molecule has 4 aliphatic rings. The zero-order valence-electron chi connectivity index (χ0n) is 13.5. The molecule has 0 aromatic heterocycles. The quantitative estimate of drug-likeness (QED) is 0.547. The first-order valence-electron chi connectivity index (χ1n) is 7.36. The van der Waals surface area contributed by atoms with Gasteiger partial charge in [0.05, 0.1) is 0 Å². The molecule has 0 bridgehead atoms. The van der Waals surface area contributed by atoms with Crippen molar-refractivity contribution >= 4 is 23.5 Å². The molecule has 0 N–H and O–H groups in total. The number of thioether (sulfide) groups is 2. The minimum absolute atomic E-state index is 0. The second-order valence-corrected chi connectivity index (χ2v) is 14.3. The first-order valence-corrected chi connectivity index (χ1v) is 12.0. The molecule has 0 saturated carbocycles. The van der Waals surface area contributed by atoms with E-state index in [0.29, 0.717) is 0 Å². The summed E-state index contributed by atoms with van der Waals surface area (Å²) < 4.78 is 1.63. The molecule has 5 heteroatoms. The molecule has 2 unspecified atom stereocenters. The van der Waals surface area contributed by atoms with Gasteiger partial charge in [-0.1, -0.05) is 0 Å². The molecule has 0 fully saturated rings. The molecule has 0 aromatic carbocycles. The van der Waals surface area contributed by atoms with Gasteiger partial charge in [0.2, 0.25) is 0 Å². The van der Waals surface area contributed by atoms with Gasteiger partial charge in [-0.2, -0.15) is 0 Å². The predicted molar refractivity (Wildman–Crippen MR) is 91.8 cm³/mol. The maximum atomic E-state index is 2.56. The summed E-state index contributed by atoms with van der Waals surface area (Å²) in [4.78, 5) is 3.14. The Morgan fingerprint density at radius 2 is 1.13 bits per heavy atom. The third-order valence-corrected chi connectivity index (χ3v) is 12.7. The molecule has 0 saturated heterocycles. The fraction of sp³-hybridized carbons (Fsp3) is 0.333. The van der Waals surface area contributed by atoms with Crippen LogP contribution in [0.2, 0.25) is 0 Å². The van der Waals surface area contributed by atoms with Crippen LogP contribution in [0.3, 0.4) is 0 Å². The van der Waals surface area contributed by atoms with Crippen molar-refractivity contribution in [3.05, 3.63) is 67.6 Å². The Hall–Kier alpha value is 0.603. The zero-order valence-corrected chi connectivity index (χ0v) is 19.1. The molecule has 0 spiro atoms. The second kappa shape index (κ2) is 7.46. The van der Waals surface area contributed by atoms with Gasteiger partial charge < -0.3 is 24.8 Å². The minimum atomic E-state index is -0.459. The van der Waals surface area contributed by atoms with Crippen molar-refractivity contribution in [3.63, 3.8) is 0 Å². The molecule has 2 aliphatic heterocycles. The summed E-state index contributed by atoms with van der Waals surface area (Å²) in [5.74, 6) is 0. The maximum absolute atomic E-state index is 2.56. The van der Waals surface area contributed by atoms with E-state index in [0.717, 1.165) is 5.92 Å². The smallest absolute Gasteiger partial charge is 1.00 e. The van der Waals surface area contributed by atoms with Crippen LogP contribution in [0.1, 0.15) is 27.7 Å². The standard InChI is InChI=1S/2C9H9S.2ClH.Zr/c2*1-6-5-8-3-4-10-9(8)7(6)2;;;/h2*3-5H,1-2H3;2*1H;/q;;;;+2/p-2. The summed E-state index contributed by atoms with van der Waals surface area (Å²) in [6, 6.07) is 0. The van der Waals surface area contributed by atoms with Crippen molar-refractivity contribution in [1.29, 1.82) is 0 Å². The fourth-order valence-corrected chi connectivity index (χ4v) is 12.6. The largest absolute Gasteiger partial charge is 1.00 e. The maximum Gasteiger partial charge on any atom is -1.00 e. The Balaban J connectivity index is 0.000000960. The van der Waals surface area contributed by atoms with Crippen LogP contribution >= 0.6 is 23.5 Å². The van der Waals surface area contributed by atoms with Gasteiger partial charge in [0.25, 0.3) is 0 Å². The Labute approximate surface area is 171 Å². The molecule has 120 valence electrons. The van der Waals surface area contributed by atoms with Gasteiger partial charge in [-0.25, -0.2) is 0 Å². The summed E-state index contributed by atoms with van der Waals surface area (Å²) >= 11 is 3.83. The SMILES string of the molecule is CC1=CC2=C[CH]([Zr+2][CH]3C=C4C=C(C)C(C)=C4S3)SC2=C1C.[Cl-].[Cl-]. The molecular formula is C18H18Cl2S2Zr. The van der Waals surface area contributed by atoms with Crippen LogP contribution in [-0.2, 0) is 23.2 Å². The number of allylic oxidation sites excluding steroid dienone is 8. The van der Waals surface area contributed by atoms with Crippen molar-refractivity contribution in [3.8, 4) is 0 Å². The van der Waals surface area contributed by atoms with E-state index in [1.54, 1.807) is 9.81 Å². The van der Waals surface area contributed by atoms with Gasteiger partial charge in [-0.05, 0) is 0 Å². The molecule has 0 amide bonds. The van der Waals surface area contributed by atoms with E-state index in [2.05, 4.69) is 75.5 Å². The monoisotopic (exact) mass is 458 g/mol. The molecule has 4 rings (SSSR count). The van der Waals surface area contributed by atoms with Crippen LogP contribution in [0, 0.1) is 0 Å². The van der Waals surface area contributed by atoms with Gasteiger partial charge in [-0.15, -0.1) is 0 Å². The Kier molecular flexibility index (Phi) is 6.46. The third kappa shape index (κ3) is 3.47. The number of halogens is 2. The van der Waals surface area contributed by atoms with Crippen LogP contribution in [0.25, 0.3) is 0 Å². The van der Waals surface area contributed by atoms with Crippen LogP contribution < -0.4 is 24.8 Å². The Morgan fingerprint density at radius 3 is 1.48 bits per heavy atom. The summed E-state index contributed by atoms with van der Waals surface area (Å²) in [5.41, 5.74) is 8.98. The van der Waals surface area contributed by atoms with Crippen LogP contribution in [0.5, 0.6) is 0 Å². The normalized spacial score (nSPS) is 27.5. The molecule has 2 aliphatic carbocycles. The van der Waals surface area contributed by atoms with E-state index in [9.17, 15) is 0 Å². The number of hydrogen-bond donors (Lipinski definition) is 0. The molecule has 2 heterocycles. The van der Waals surface area contributed by atoms with Crippen LogP contribution in [-0.4, -0.2) is 5.92 Å². The molecule has 23 heavy (non-hydrogen) atoms.